The quantitative estimate of drug-likeness (QED) is 0.888. The van der Waals surface area contributed by atoms with Crippen molar-refractivity contribution in [2.24, 2.45) is 0 Å². The highest BCUT2D eigenvalue weighted by Crippen LogP contribution is 2.27. The van der Waals surface area contributed by atoms with Crippen LogP contribution >= 0.6 is 0 Å². The summed E-state index contributed by atoms with van der Waals surface area (Å²) in [6, 6.07) is 11.3. The van der Waals surface area contributed by atoms with E-state index in [9.17, 15) is 12.8 Å². The van der Waals surface area contributed by atoms with E-state index in [1.807, 2.05) is 24.3 Å². The van der Waals surface area contributed by atoms with Gasteiger partial charge < -0.3 is 4.74 Å². The third-order valence-corrected chi connectivity index (χ3v) is 6.06. The van der Waals surface area contributed by atoms with Gasteiger partial charge in [-0.3, -0.25) is 0 Å². The minimum atomic E-state index is -3.71. The lowest BCUT2D eigenvalue weighted by Crippen LogP contribution is -2.44. The summed E-state index contributed by atoms with van der Waals surface area (Å²) in [5.74, 6) is 0.00865. The number of fused-ring (bicyclic) bond motifs is 1. The lowest BCUT2D eigenvalue weighted by atomic mass is 10.0. The molecule has 1 N–H and O–H groups in total. The summed E-state index contributed by atoms with van der Waals surface area (Å²) in [4.78, 5) is 0. The van der Waals surface area contributed by atoms with Crippen LogP contribution in [0.2, 0.25) is 0 Å². The molecular weight excluding hydrogens is 343 g/mol. The van der Waals surface area contributed by atoms with Crippen molar-refractivity contribution in [1.29, 1.82) is 0 Å². The molecule has 25 heavy (non-hydrogen) atoms. The van der Waals surface area contributed by atoms with Crippen LogP contribution < -0.4 is 9.46 Å². The molecular formula is C18H21FN2O3S. The monoisotopic (exact) mass is 364 g/mol. The highest BCUT2D eigenvalue weighted by molar-refractivity contribution is 7.87. The second-order valence-corrected chi connectivity index (χ2v) is 7.79. The molecule has 0 aromatic heterocycles. The van der Waals surface area contributed by atoms with Crippen molar-refractivity contribution in [2.45, 2.75) is 25.9 Å². The van der Waals surface area contributed by atoms with Crippen LogP contribution in [0.3, 0.4) is 0 Å². The summed E-state index contributed by atoms with van der Waals surface area (Å²) in [6.07, 6.45) is 0.675. The molecule has 3 rings (SSSR count). The van der Waals surface area contributed by atoms with E-state index in [2.05, 4.69) is 4.72 Å². The van der Waals surface area contributed by atoms with Crippen LogP contribution in [-0.2, 0) is 23.2 Å². The normalized spacial score (nSPS) is 16.3. The van der Waals surface area contributed by atoms with Crippen molar-refractivity contribution in [3.05, 3.63) is 65.0 Å². The average molecular weight is 364 g/mol. The molecule has 0 fully saturated rings. The van der Waals surface area contributed by atoms with Gasteiger partial charge in [-0.1, -0.05) is 24.3 Å². The third-order valence-electron chi connectivity index (χ3n) is 4.42. The maximum atomic E-state index is 13.6. The van der Waals surface area contributed by atoms with Gasteiger partial charge >= 0.3 is 0 Å². The Morgan fingerprint density at radius 2 is 1.92 bits per heavy atom. The number of nitrogens with zero attached hydrogens (tertiary/aromatic N) is 1. The van der Waals surface area contributed by atoms with Crippen LogP contribution in [0, 0.1) is 5.82 Å². The zero-order chi connectivity index (χ0) is 18.0. The van der Waals surface area contributed by atoms with E-state index in [0.29, 0.717) is 30.8 Å². The summed E-state index contributed by atoms with van der Waals surface area (Å²) in [6.45, 7) is 2.42. The molecule has 1 heterocycles. The van der Waals surface area contributed by atoms with E-state index in [-0.39, 0.29) is 0 Å². The summed E-state index contributed by atoms with van der Waals surface area (Å²) in [5.41, 5.74) is 2.65. The summed E-state index contributed by atoms with van der Waals surface area (Å²) < 4.78 is 48.3. The molecule has 2 aromatic carbocycles. The Bertz CT molecular complexity index is 870. The molecule has 0 saturated heterocycles. The van der Waals surface area contributed by atoms with E-state index in [1.54, 1.807) is 6.92 Å². The van der Waals surface area contributed by atoms with Crippen LogP contribution in [0.4, 0.5) is 4.39 Å². The van der Waals surface area contributed by atoms with Gasteiger partial charge in [0.1, 0.15) is 11.6 Å². The molecule has 0 saturated carbocycles. The molecule has 134 valence electrons. The molecule has 0 bridgehead atoms. The molecule has 0 unspecified atom stereocenters. The van der Waals surface area contributed by atoms with E-state index in [1.165, 1.54) is 35.2 Å². The van der Waals surface area contributed by atoms with Crippen molar-refractivity contribution >= 4 is 10.2 Å². The van der Waals surface area contributed by atoms with Gasteiger partial charge in [-0.25, -0.2) is 4.39 Å². The Hall–Kier alpha value is -1.96. The third kappa shape index (κ3) is 3.84. The number of nitrogens with one attached hydrogen (secondary N) is 1. The van der Waals surface area contributed by atoms with E-state index in [4.69, 9.17) is 4.74 Å². The molecule has 5 nitrogen and oxygen atoms in total. The van der Waals surface area contributed by atoms with Crippen molar-refractivity contribution < 1.29 is 17.5 Å². The highest BCUT2D eigenvalue weighted by atomic mass is 32.2. The zero-order valence-electron chi connectivity index (χ0n) is 14.2. The van der Waals surface area contributed by atoms with Crippen molar-refractivity contribution in [3.63, 3.8) is 0 Å². The van der Waals surface area contributed by atoms with Crippen molar-refractivity contribution in [2.75, 3.05) is 13.7 Å². The Balaban J connectivity index is 1.79. The Kier molecular flexibility index (Phi) is 5.08. The number of hydrogen-bond donors (Lipinski definition) is 1. The first-order valence-electron chi connectivity index (χ1n) is 8.08. The maximum Gasteiger partial charge on any atom is 0.280 e. The van der Waals surface area contributed by atoms with Crippen LogP contribution in [0.25, 0.3) is 0 Å². The summed E-state index contributed by atoms with van der Waals surface area (Å²) in [5, 5.41) is 0. The molecule has 0 spiro atoms. The predicted molar refractivity (Wildman–Crippen MR) is 94.0 cm³/mol. The fourth-order valence-electron chi connectivity index (χ4n) is 3.08. The second-order valence-electron chi connectivity index (χ2n) is 6.08. The number of methoxy groups -OCH3 is 1. The first-order chi connectivity index (χ1) is 11.9. The van der Waals surface area contributed by atoms with Gasteiger partial charge in [-0.2, -0.15) is 17.4 Å². The molecule has 0 radical (unpaired) electrons. The zero-order valence-corrected chi connectivity index (χ0v) is 15.0. The van der Waals surface area contributed by atoms with Gasteiger partial charge in [0.25, 0.3) is 10.2 Å². The molecule has 2 aromatic rings. The van der Waals surface area contributed by atoms with Gasteiger partial charge in [0.05, 0.1) is 7.11 Å². The number of ether oxygens (including phenoxy) is 1. The molecule has 1 aliphatic heterocycles. The molecule has 1 atom stereocenters. The van der Waals surface area contributed by atoms with Gasteiger partial charge in [0.2, 0.25) is 0 Å². The predicted octanol–water partition coefficient (Wildman–Crippen LogP) is 2.79. The largest absolute Gasteiger partial charge is 0.496 e. The first kappa shape index (κ1) is 17.8. The highest BCUT2D eigenvalue weighted by Gasteiger charge is 2.28. The van der Waals surface area contributed by atoms with E-state index >= 15 is 0 Å². The second kappa shape index (κ2) is 7.11. The van der Waals surface area contributed by atoms with Gasteiger partial charge in [-0.15, -0.1) is 0 Å². The summed E-state index contributed by atoms with van der Waals surface area (Å²) >= 11 is 0. The molecule has 0 amide bonds. The van der Waals surface area contributed by atoms with E-state index < -0.39 is 22.1 Å². The lowest BCUT2D eigenvalue weighted by Gasteiger charge is -2.29. The first-order valence-corrected chi connectivity index (χ1v) is 9.52. The topological polar surface area (TPSA) is 58.6 Å². The molecule has 7 heteroatoms. The van der Waals surface area contributed by atoms with E-state index in [0.717, 1.165) is 5.56 Å². The van der Waals surface area contributed by atoms with Crippen LogP contribution in [-0.4, -0.2) is 26.4 Å². The van der Waals surface area contributed by atoms with Crippen molar-refractivity contribution in [1.82, 2.24) is 9.03 Å². The lowest BCUT2D eigenvalue weighted by molar-refractivity contribution is 0.376. The Labute approximate surface area is 147 Å². The maximum absolute atomic E-state index is 13.6. The minimum Gasteiger partial charge on any atom is -0.496 e. The fraction of sp³-hybridized carbons (Fsp3) is 0.333. The number of rotatable bonds is 5. The average Bonchev–Trinajstić information content (AvgIpc) is 2.60. The van der Waals surface area contributed by atoms with Crippen LogP contribution in [0.5, 0.6) is 5.75 Å². The Morgan fingerprint density at radius 1 is 1.20 bits per heavy atom. The minimum absolute atomic E-state index is 0.332. The standard InChI is InChI=1S/C18H21FN2O3S/c1-13(17-11-16(19)7-8-18(17)24-2)20-25(22,23)21-10-9-14-5-3-4-6-15(14)12-21/h3-8,11,13,20H,9-10,12H2,1-2H3/t13-/m0/s1. The SMILES string of the molecule is COc1ccc(F)cc1[C@H](C)NS(=O)(=O)N1CCc2ccccc2C1. The molecule has 1 aliphatic rings. The smallest absolute Gasteiger partial charge is 0.280 e. The van der Waals surface area contributed by atoms with Crippen LogP contribution in [0.15, 0.2) is 42.5 Å². The van der Waals surface area contributed by atoms with Gasteiger partial charge in [-0.05, 0) is 42.7 Å². The number of halogens is 1. The van der Waals surface area contributed by atoms with Crippen molar-refractivity contribution in [3.8, 4) is 5.75 Å². The van der Waals surface area contributed by atoms with Gasteiger partial charge in [0, 0.05) is 24.7 Å². The van der Waals surface area contributed by atoms with Gasteiger partial charge in [0.15, 0.2) is 0 Å². The van der Waals surface area contributed by atoms with Crippen LogP contribution in [0.1, 0.15) is 29.7 Å². The fourth-order valence-corrected chi connectivity index (χ4v) is 4.44. The Morgan fingerprint density at radius 3 is 2.64 bits per heavy atom. The summed E-state index contributed by atoms with van der Waals surface area (Å²) in [7, 11) is -2.23. The molecule has 0 aliphatic carbocycles. The number of benzene rings is 2. The number of hydrogen-bond acceptors (Lipinski definition) is 3.